The first-order chi connectivity index (χ1) is 11.1. The van der Waals surface area contributed by atoms with Gasteiger partial charge in [0, 0.05) is 5.39 Å². The highest BCUT2D eigenvalue weighted by molar-refractivity contribution is 5.75. The summed E-state index contributed by atoms with van der Waals surface area (Å²) in [4.78, 5) is 8.61. The van der Waals surface area contributed by atoms with Gasteiger partial charge in [-0.3, -0.25) is 0 Å². The smallest absolute Gasteiger partial charge is 0.185 e. The molecule has 0 saturated carbocycles. The number of hydrogen-bond acceptors (Lipinski definition) is 5. The van der Waals surface area contributed by atoms with Crippen molar-refractivity contribution in [2.24, 2.45) is 0 Å². The van der Waals surface area contributed by atoms with E-state index in [1.54, 1.807) is 12.3 Å². The van der Waals surface area contributed by atoms with E-state index in [2.05, 4.69) is 20.2 Å². The molecule has 0 fully saturated rings. The van der Waals surface area contributed by atoms with Crippen molar-refractivity contribution in [3.63, 3.8) is 0 Å². The second kappa shape index (κ2) is 6.70. The van der Waals surface area contributed by atoms with Gasteiger partial charge in [0.1, 0.15) is 18.2 Å². The summed E-state index contributed by atoms with van der Waals surface area (Å²) in [6.45, 7) is 2.27. The number of ether oxygens (including phenoxy) is 1. The van der Waals surface area contributed by atoms with Crippen LogP contribution in [0.3, 0.4) is 0 Å². The van der Waals surface area contributed by atoms with Gasteiger partial charge in [0.15, 0.2) is 11.5 Å². The lowest BCUT2D eigenvalue weighted by molar-refractivity contribution is 0.118. The summed E-state index contributed by atoms with van der Waals surface area (Å²) in [7, 11) is 0. The number of aromatic nitrogens is 4. The third kappa shape index (κ3) is 3.62. The van der Waals surface area contributed by atoms with Crippen molar-refractivity contribution < 1.29 is 13.5 Å². The second-order valence-corrected chi connectivity index (χ2v) is 5.03. The zero-order valence-electron chi connectivity index (χ0n) is 12.5. The molecule has 7 heteroatoms. The Morgan fingerprint density at radius 2 is 2.00 bits per heavy atom. The topological polar surface area (TPSA) is 60.8 Å². The molecule has 0 atom stereocenters. The molecule has 0 saturated heterocycles. The van der Waals surface area contributed by atoms with Crippen molar-refractivity contribution in [2.45, 2.75) is 20.0 Å². The van der Waals surface area contributed by atoms with E-state index < -0.39 is 11.6 Å². The summed E-state index contributed by atoms with van der Waals surface area (Å²) in [6, 6.07) is 5.17. The molecule has 0 aliphatic rings. The van der Waals surface area contributed by atoms with E-state index in [0.717, 1.165) is 23.2 Å². The molecule has 118 valence electrons. The lowest BCUT2D eigenvalue weighted by Gasteiger charge is -2.06. The molecule has 1 aromatic carbocycles. The predicted molar refractivity (Wildman–Crippen MR) is 79.6 cm³/mol. The van der Waals surface area contributed by atoms with Gasteiger partial charge in [-0.05, 0) is 43.2 Å². The van der Waals surface area contributed by atoms with Gasteiger partial charge in [-0.2, -0.15) is 5.10 Å². The average molecular weight is 316 g/mol. The van der Waals surface area contributed by atoms with Gasteiger partial charge in [-0.15, -0.1) is 5.10 Å². The summed E-state index contributed by atoms with van der Waals surface area (Å²) in [5, 5.41) is 8.58. The molecule has 0 spiro atoms. The van der Waals surface area contributed by atoms with Crippen LogP contribution in [-0.2, 0) is 17.8 Å². The van der Waals surface area contributed by atoms with Gasteiger partial charge in [0.25, 0.3) is 0 Å². The SMILES string of the molecule is Cc1nc(COCCc2cc(F)ccc2F)nc2nnccc12. The van der Waals surface area contributed by atoms with E-state index in [1.807, 2.05) is 6.92 Å². The van der Waals surface area contributed by atoms with Crippen molar-refractivity contribution in [3.8, 4) is 0 Å². The Bertz CT molecular complexity index is 841. The van der Waals surface area contributed by atoms with Crippen LogP contribution >= 0.6 is 0 Å². The van der Waals surface area contributed by atoms with E-state index in [9.17, 15) is 8.78 Å². The highest BCUT2D eigenvalue weighted by atomic mass is 19.1. The second-order valence-electron chi connectivity index (χ2n) is 5.03. The summed E-state index contributed by atoms with van der Waals surface area (Å²) in [6.07, 6.45) is 1.86. The van der Waals surface area contributed by atoms with Gasteiger partial charge in [0.05, 0.1) is 18.5 Å². The van der Waals surface area contributed by atoms with Crippen molar-refractivity contribution in [3.05, 3.63) is 59.2 Å². The molecule has 0 aliphatic heterocycles. The third-order valence-electron chi connectivity index (χ3n) is 3.38. The fraction of sp³-hybridized carbons (Fsp3) is 0.250. The molecule has 3 rings (SSSR count). The van der Waals surface area contributed by atoms with E-state index in [0.29, 0.717) is 11.5 Å². The van der Waals surface area contributed by atoms with Crippen LogP contribution in [0.5, 0.6) is 0 Å². The van der Waals surface area contributed by atoms with Gasteiger partial charge in [-0.1, -0.05) is 0 Å². The van der Waals surface area contributed by atoms with Crippen LogP contribution in [0.25, 0.3) is 11.0 Å². The maximum Gasteiger partial charge on any atom is 0.185 e. The van der Waals surface area contributed by atoms with E-state index in [4.69, 9.17) is 4.74 Å². The highest BCUT2D eigenvalue weighted by Gasteiger charge is 2.07. The molecule has 0 unspecified atom stereocenters. The van der Waals surface area contributed by atoms with Gasteiger partial charge in [-0.25, -0.2) is 18.7 Å². The molecule has 5 nitrogen and oxygen atoms in total. The largest absolute Gasteiger partial charge is 0.373 e. The van der Waals surface area contributed by atoms with Crippen molar-refractivity contribution >= 4 is 11.0 Å². The number of benzene rings is 1. The number of aryl methyl sites for hydroxylation is 1. The van der Waals surface area contributed by atoms with Crippen LogP contribution in [0.15, 0.2) is 30.5 Å². The van der Waals surface area contributed by atoms with Crippen molar-refractivity contribution in [1.29, 1.82) is 0 Å². The number of fused-ring (bicyclic) bond motifs is 1. The summed E-state index contributed by atoms with van der Waals surface area (Å²) in [5.41, 5.74) is 1.58. The van der Waals surface area contributed by atoms with Crippen molar-refractivity contribution in [2.75, 3.05) is 6.61 Å². The summed E-state index contributed by atoms with van der Waals surface area (Å²) in [5.74, 6) is -0.424. The van der Waals surface area contributed by atoms with Crippen LogP contribution in [0.1, 0.15) is 17.1 Å². The van der Waals surface area contributed by atoms with Gasteiger partial charge >= 0.3 is 0 Å². The molecule has 0 aliphatic carbocycles. The third-order valence-corrected chi connectivity index (χ3v) is 3.38. The fourth-order valence-electron chi connectivity index (χ4n) is 2.24. The zero-order valence-corrected chi connectivity index (χ0v) is 12.5. The van der Waals surface area contributed by atoms with E-state index in [1.165, 1.54) is 6.07 Å². The van der Waals surface area contributed by atoms with Crippen LogP contribution in [0.2, 0.25) is 0 Å². The molecular formula is C16H14F2N4O. The Labute approximate surface area is 131 Å². The first-order valence-corrected chi connectivity index (χ1v) is 7.10. The van der Waals surface area contributed by atoms with Crippen LogP contribution < -0.4 is 0 Å². The van der Waals surface area contributed by atoms with Crippen LogP contribution in [0, 0.1) is 18.6 Å². The molecule has 0 radical (unpaired) electrons. The Morgan fingerprint density at radius 3 is 2.87 bits per heavy atom. The minimum absolute atomic E-state index is 0.171. The summed E-state index contributed by atoms with van der Waals surface area (Å²) < 4.78 is 32.0. The number of hydrogen-bond donors (Lipinski definition) is 0. The minimum Gasteiger partial charge on any atom is -0.373 e. The van der Waals surface area contributed by atoms with E-state index >= 15 is 0 Å². The predicted octanol–water partition coefficient (Wildman–Crippen LogP) is 2.77. The quantitative estimate of drug-likeness (QED) is 0.677. The highest BCUT2D eigenvalue weighted by Crippen LogP contribution is 2.13. The molecular weight excluding hydrogens is 302 g/mol. The molecule has 3 aromatic rings. The van der Waals surface area contributed by atoms with Crippen molar-refractivity contribution in [1.82, 2.24) is 20.2 Å². The Balaban J connectivity index is 1.62. The molecule has 0 bridgehead atoms. The molecule has 0 amide bonds. The lowest BCUT2D eigenvalue weighted by atomic mass is 10.1. The van der Waals surface area contributed by atoms with Crippen LogP contribution in [0.4, 0.5) is 8.78 Å². The standard InChI is InChI=1S/C16H14F2N4O/c1-10-13-4-6-19-22-16(13)21-15(20-10)9-23-7-5-11-8-12(17)2-3-14(11)18/h2-4,6,8H,5,7,9H2,1H3. The molecule has 2 aromatic heterocycles. The molecule has 2 heterocycles. The molecule has 0 N–H and O–H groups in total. The number of rotatable bonds is 5. The maximum absolute atomic E-state index is 13.5. The monoisotopic (exact) mass is 316 g/mol. The van der Waals surface area contributed by atoms with Crippen LogP contribution in [-0.4, -0.2) is 26.8 Å². The first kappa shape index (κ1) is 15.4. The Hall–Kier alpha value is -2.54. The average Bonchev–Trinajstić information content (AvgIpc) is 2.55. The number of nitrogens with zero attached hydrogens (tertiary/aromatic N) is 4. The maximum atomic E-state index is 13.5. The van der Waals surface area contributed by atoms with Gasteiger partial charge in [0.2, 0.25) is 0 Å². The molecule has 23 heavy (non-hydrogen) atoms. The zero-order chi connectivity index (χ0) is 16.2. The Kier molecular flexibility index (Phi) is 4.47. The summed E-state index contributed by atoms with van der Waals surface area (Å²) >= 11 is 0. The number of halogens is 2. The Morgan fingerprint density at radius 1 is 1.13 bits per heavy atom. The first-order valence-electron chi connectivity index (χ1n) is 7.10. The lowest BCUT2D eigenvalue weighted by Crippen LogP contribution is -2.06. The fourth-order valence-corrected chi connectivity index (χ4v) is 2.24. The van der Waals surface area contributed by atoms with E-state index in [-0.39, 0.29) is 25.2 Å². The normalized spacial score (nSPS) is 11.1. The van der Waals surface area contributed by atoms with Gasteiger partial charge < -0.3 is 4.74 Å². The minimum atomic E-state index is -0.464.